The highest BCUT2D eigenvalue weighted by atomic mass is 15.3. The Hall–Kier alpha value is -1.13. The molecule has 1 fully saturated rings. The number of rotatable bonds is 4. The summed E-state index contributed by atoms with van der Waals surface area (Å²) in [6.07, 6.45) is 1.93. The van der Waals surface area contributed by atoms with Gasteiger partial charge in [-0.25, -0.2) is 0 Å². The average molecular weight is 262 g/mol. The van der Waals surface area contributed by atoms with Crippen LogP contribution in [0.4, 0.5) is 5.69 Å². The average Bonchev–Trinajstić information content (AvgIpc) is 2.42. The van der Waals surface area contributed by atoms with E-state index < -0.39 is 0 Å². The van der Waals surface area contributed by atoms with Gasteiger partial charge < -0.3 is 10.2 Å². The molecule has 1 aromatic rings. The zero-order valence-electron chi connectivity index (χ0n) is 12.6. The van der Waals surface area contributed by atoms with Crippen molar-refractivity contribution in [3.63, 3.8) is 0 Å². The Labute approximate surface area is 116 Å². The van der Waals surface area contributed by atoms with E-state index >= 15 is 0 Å². The van der Waals surface area contributed by atoms with Crippen molar-refractivity contribution < 1.29 is 0 Å². The Morgan fingerprint density at radius 1 is 1.32 bits per heavy atom. The minimum Gasteiger partial charge on any atom is -0.368 e. The molecule has 4 nitrogen and oxygen atoms in total. The zero-order chi connectivity index (χ0) is 13.8. The molecule has 2 unspecified atom stereocenters. The molecule has 2 rings (SSSR count). The number of nitrogens with one attached hydrogen (secondary N) is 1. The number of piperazine rings is 1. The summed E-state index contributed by atoms with van der Waals surface area (Å²) in [5, 5.41) is 3.33. The van der Waals surface area contributed by atoms with Gasteiger partial charge in [-0.15, -0.1) is 0 Å². The molecule has 2 heterocycles. The summed E-state index contributed by atoms with van der Waals surface area (Å²) in [5.41, 5.74) is 2.42. The van der Waals surface area contributed by atoms with E-state index in [9.17, 15) is 0 Å². The number of nitrogens with zero attached hydrogens (tertiary/aromatic N) is 3. The van der Waals surface area contributed by atoms with E-state index in [1.807, 2.05) is 6.20 Å². The van der Waals surface area contributed by atoms with Gasteiger partial charge in [0.25, 0.3) is 0 Å². The zero-order valence-corrected chi connectivity index (χ0v) is 12.6. The lowest BCUT2D eigenvalue weighted by Crippen LogP contribution is -2.55. The number of likely N-dealkylation sites (N-methyl/N-ethyl adjacent to an activating group) is 1. The summed E-state index contributed by atoms with van der Waals surface area (Å²) in [7, 11) is 2.22. The number of hydrogen-bond donors (Lipinski definition) is 1. The molecule has 0 bridgehead atoms. The molecule has 0 spiro atoms. The maximum absolute atomic E-state index is 4.43. The number of anilines is 1. The smallest absolute Gasteiger partial charge is 0.0562 e. The Balaban J connectivity index is 2.09. The molecule has 0 radical (unpaired) electrons. The van der Waals surface area contributed by atoms with E-state index in [2.05, 4.69) is 60.1 Å². The van der Waals surface area contributed by atoms with Crippen molar-refractivity contribution in [2.75, 3.05) is 31.6 Å². The highest BCUT2D eigenvalue weighted by Gasteiger charge is 2.26. The third-order valence-electron chi connectivity index (χ3n) is 4.08. The first-order valence-electron chi connectivity index (χ1n) is 7.24. The van der Waals surface area contributed by atoms with Crippen LogP contribution in [0.1, 0.15) is 26.5 Å². The second-order valence-corrected chi connectivity index (χ2v) is 5.55. The highest BCUT2D eigenvalue weighted by molar-refractivity contribution is 5.47. The molecule has 1 aromatic heterocycles. The quantitative estimate of drug-likeness (QED) is 0.895. The highest BCUT2D eigenvalue weighted by Crippen LogP contribution is 2.21. The summed E-state index contributed by atoms with van der Waals surface area (Å²) in [6, 6.07) is 5.52. The van der Waals surface area contributed by atoms with Crippen LogP contribution < -0.4 is 10.2 Å². The van der Waals surface area contributed by atoms with Crippen LogP contribution in [0.2, 0.25) is 0 Å². The SMILES string of the molecule is CCNCc1cc(N2CC(C)N(C)C(C)C2)ccn1. The monoisotopic (exact) mass is 262 g/mol. The van der Waals surface area contributed by atoms with E-state index in [4.69, 9.17) is 0 Å². The Kier molecular flexibility index (Phi) is 4.77. The first-order chi connectivity index (χ1) is 9.11. The van der Waals surface area contributed by atoms with E-state index in [1.54, 1.807) is 0 Å². The first-order valence-corrected chi connectivity index (χ1v) is 7.24. The summed E-state index contributed by atoms with van der Waals surface area (Å²) in [4.78, 5) is 9.36. The van der Waals surface area contributed by atoms with Gasteiger partial charge in [-0.05, 0) is 39.6 Å². The van der Waals surface area contributed by atoms with Gasteiger partial charge in [0.1, 0.15) is 0 Å². The standard InChI is InChI=1S/C15H26N4/c1-5-16-9-14-8-15(6-7-17-14)19-10-12(2)18(4)13(3)11-19/h6-8,12-13,16H,5,9-11H2,1-4H3. The maximum atomic E-state index is 4.43. The summed E-state index contributed by atoms with van der Waals surface area (Å²) >= 11 is 0. The van der Waals surface area contributed by atoms with E-state index in [0.717, 1.165) is 31.9 Å². The Morgan fingerprint density at radius 3 is 2.63 bits per heavy atom. The number of aromatic nitrogens is 1. The van der Waals surface area contributed by atoms with Crippen molar-refractivity contribution in [1.29, 1.82) is 0 Å². The molecule has 1 aliphatic rings. The minimum atomic E-state index is 0.592. The van der Waals surface area contributed by atoms with E-state index in [-0.39, 0.29) is 0 Å². The van der Waals surface area contributed by atoms with Gasteiger partial charge >= 0.3 is 0 Å². The largest absolute Gasteiger partial charge is 0.368 e. The molecule has 0 saturated carbocycles. The van der Waals surface area contributed by atoms with Crippen LogP contribution in [0.15, 0.2) is 18.3 Å². The minimum absolute atomic E-state index is 0.592. The normalized spacial score (nSPS) is 24.7. The molecule has 0 amide bonds. The van der Waals surface area contributed by atoms with Crippen molar-refractivity contribution in [3.8, 4) is 0 Å². The van der Waals surface area contributed by atoms with Crippen molar-refractivity contribution in [2.45, 2.75) is 39.4 Å². The fourth-order valence-corrected chi connectivity index (χ4v) is 2.63. The van der Waals surface area contributed by atoms with Crippen LogP contribution >= 0.6 is 0 Å². The fourth-order valence-electron chi connectivity index (χ4n) is 2.63. The van der Waals surface area contributed by atoms with Crippen molar-refractivity contribution in [1.82, 2.24) is 15.2 Å². The first kappa shape index (κ1) is 14.3. The van der Waals surface area contributed by atoms with E-state index in [1.165, 1.54) is 5.69 Å². The van der Waals surface area contributed by atoms with Crippen LogP contribution in [0.3, 0.4) is 0 Å². The van der Waals surface area contributed by atoms with Gasteiger partial charge in [-0.1, -0.05) is 6.92 Å². The fraction of sp³-hybridized carbons (Fsp3) is 0.667. The molecule has 2 atom stereocenters. The Morgan fingerprint density at radius 2 is 2.00 bits per heavy atom. The lowest BCUT2D eigenvalue weighted by molar-refractivity contribution is 0.170. The molecular weight excluding hydrogens is 236 g/mol. The van der Waals surface area contributed by atoms with Crippen LogP contribution in [-0.4, -0.2) is 48.6 Å². The van der Waals surface area contributed by atoms with Gasteiger partial charge in [-0.2, -0.15) is 0 Å². The molecule has 4 heteroatoms. The van der Waals surface area contributed by atoms with Crippen LogP contribution in [0.25, 0.3) is 0 Å². The van der Waals surface area contributed by atoms with Gasteiger partial charge in [0.15, 0.2) is 0 Å². The molecule has 0 aliphatic carbocycles. The van der Waals surface area contributed by atoms with E-state index in [0.29, 0.717) is 12.1 Å². The van der Waals surface area contributed by atoms with Gasteiger partial charge in [0, 0.05) is 43.6 Å². The summed E-state index contributed by atoms with van der Waals surface area (Å²) < 4.78 is 0. The summed E-state index contributed by atoms with van der Waals surface area (Å²) in [6.45, 7) is 10.7. The second kappa shape index (κ2) is 6.35. The van der Waals surface area contributed by atoms with Crippen molar-refractivity contribution in [2.24, 2.45) is 0 Å². The molecule has 1 aliphatic heterocycles. The molecule has 0 aromatic carbocycles. The molecule has 106 valence electrons. The lowest BCUT2D eigenvalue weighted by atomic mass is 10.1. The molecular formula is C15H26N4. The number of hydrogen-bond acceptors (Lipinski definition) is 4. The van der Waals surface area contributed by atoms with Gasteiger partial charge in [0.2, 0.25) is 0 Å². The third-order valence-corrected chi connectivity index (χ3v) is 4.08. The van der Waals surface area contributed by atoms with Crippen molar-refractivity contribution >= 4 is 5.69 Å². The van der Waals surface area contributed by atoms with Gasteiger partial charge in [-0.3, -0.25) is 9.88 Å². The molecule has 1 saturated heterocycles. The van der Waals surface area contributed by atoms with Gasteiger partial charge in [0.05, 0.1) is 5.69 Å². The molecule has 1 N–H and O–H groups in total. The van der Waals surface area contributed by atoms with Crippen molar-refractivity contribution in [3.05, 3.63) is 24.0 Å². The number of pyridine rings is 1. The maximum Gasteiger partial charge on any atom is 0.0562 e. The predicted octanol–water partition coefficient (Wildman–Crippen LogP) is 1.72. The topological polar surface area (TPSA) is 31.4 Å². The Bertz CT molecular complexity index is 395. The van der Waals surface area contributed by atoms with Crippen LogP contribution in [-0.2, 0) is 6.54 Å². The lowest BCUT2D eigenvalue weighted by Gasteiger charge is -2.43. The van der Waals surface area contributed by atoms with Crippen LogP contribution in [0, 0.1) is 0 Å². The third kappa shape index (κ3) is 3.45. The van der Waals surface area contributed by atoms with Crippen LogP contribution in [0.5, 0.6) is 0 Å². The molecule has 19 heavy (non-hydrogen) atoms. The predicted molar refractivity (Wildman–Crippen MR) is 80.5 cm³/mol. The second-order valence-electron chi connectivity index (χ2n) is 5.55. The summed E-state index contributed by atoms with van der Waals surface area (Å²) in [5.74, 6) is 0.